The van der Waals surface area contributed by atoms with Crippen molar-refractivity contribution in [1.82, 2.24) is 0 Å². The van der Waals surface area contributed by atoms with Crippen molar-refractivity contribution >= 4 is 17.5 Å². The lowest BCUT2D eigenvalue weighted by molar-refractivity contribution is -0.149. The van der Waals surface area contributed by atoms with E-state index in [0.29, 0.717) is 48.8 Å². The van der Waals surface area contributed by atoms with Crippen molar-refractivity contribution in [2.75, 3.05) is 20.3 Å². The Balaban J connectivity index is 1.48. The second-order valence-electron chi connectivity index (χ2n) is 11.5. The maximum absolute atomic E-state index is 13.6. The van der Waals surface area contributed by atoms with E-state index in [9.17, 15) is 9.59 Å². The predicted octanol–water partition coefficient (Wildman–Crippen LogP) is 5.81. The number of benzene rings is 2. The lowest BCUT2D eigenvalue weighted by Gasteiger charge is -2.39. The molecule has 206 valence electrons. The summed E-state index contributed by atoms with van der Waals surface area (Å²) in [6.07, 6.45) is 2.84. The second-order valence-corrected chi connectivity index (χ2v) is 11.5. The number of methoxy groups -OCH3 is 1. The number of allylic oxidation sites excluding steroid dienone is 2. The minimum absolute atomic E-state index is 0.0304. The van der Waals surface area contributed by atoms with Gasteiger partial charge in [-0.05, 0) is 54.9 Å². The molecule has 39 heavy (non-hydrogen) atoms. The molecule has 1 saturated heterocycles. The van der Waals surface area contributed by atoms with Crippen molar-refractivity contribution in [2.24, 2.45) is 16.3 Å². The van der Waals surface area contributed by atoms with E-state index < -0.39 is 11.8 Å². The minimum Gasteiger partial charge on any atom is -0.493 e. The molecule has 0 saturated carbocycles. The molecule has 0 amide bonds. The first-order valence-corrected chi connectivity index (χ1v) is 13.7. The van der Waals surface area contributed by atoms with Gasteiger partial charge in [0.25, 0.3) is 0 Å². The van der Waals surface area contributed by atoms with Crippen LogP contribution in [-0.4, -0.2) is 43.9 Å². The Morgan fingerprint density at radius 3 is 2.62 bits per heavy atom. The summed E-state index contributed by atoms with van der Waals surface area (Å²) in [6, 6.07) is 15.6. The summed E-state index contributed by atoms with van der Waals surface area (Å²) in [4.78, 5) is 32.0. The molecule has 2 heterocycles. The monoisotopic (exact) mass is 531 g/mol. The van der Waals surface area contributed by atoms with E-state index in [2.05, 4.69) is 13.8 Å². The normalized spacial score (nSPS) is 24.2. The van der Waals surface area contributed by atoms with Crippen LogP contribution in [0.15, 0.2) is 64.8 Å². The number of hydrogen-bond donors (Lipinski definition) is 0. The number of carbonyl (C=O) groups excluding carboxylic acids is 2. The van der Waals surface area contributed by atoms with Crippen LogP contribution < -0.4 is 9.47 Å². The van der Waals surface area contributed by atoms with Crippen LogP contribution in [0, 0.1) is 11.3 Å². The van der Waals surface area contributed by atoms with Crippen molar-refractivity contribution in [3.63, 3.8) is 0 Å². The first-order chi connectivity index (χ1) is 18.8. The molecule has 3 aliphatic rings. The maximum Gasteiger partial charge on any atom is 0.315 e. The number of hydrogen-bond acceptors (Lipinski definition) is 7. The van der Waals surface area contributed by atoms with Crippen LogP contribution >= 0.6 is 0 Å². The fourth-order valence-corrected chi connectivity index (χ4v) is 5.88. The van der Waals surface area contributed by atoms with Crippen molar-refractivity contribution < 1.29 is 28.5 Å². The van der Waals surface area contributed by atoms with Crippen molar-refractivity contribution in [2.45, 2.75) is 65.1 Å². The van der Waals surface area contributed by atoms with Crippen molar-refractivity contribution in [3.05, 3.63) is 70.9 Å². The van der Waals surface area contributed by atoms with Crippen LogP contribution in [0.3, 0.4) is 0 Å². The highest BCUT2D eigenvalue weighted by molar-refractivity contribution is 6.09. The molecule has 2 aromatic rings. The standard InChI is InChI=1S/C32H37NO6/c1-20-28(31(35)39-19-23-11-8-14-37-23)29(30-24(33-20)16-32(2,3)17-25(30)34)22-12-13-26(27(15-22)36-4)38-18-21-9-6-5-7-10-21/h5-7,9-10,12-13,15,23,28-29H,8,11,14,16-19H2,1-4H3/t23-,28?,29+/m1/s1. The molecular weight excluding hydrogens is 494 g/mol. The highest BCUT2D eigenvalue weighted by Crippen LogP contribution is 2.49. The molecule has 0 aromatic heterocycles. The highest BCUT2D eigenvalue weighted by Gasteiger charge is 2.46. The molecule has 1 aliphatic carbocycles. The Labute approximate surface area is 230 Å². The number of ether oxygens (including phenoxy) is 4. The largest absolute Gasteiger partial charge is 0.493 e. The molecule has 5 rings (SSSR count). The van der Waals surface area contributed by atoms with Crippen LogP contribution in [0.5, 0.6) is 11.5 Å². The summed E-state index contributed by atoms with van der Waals surface area (Å²) in [6.45, 7) is 7.31. The van der Waals surface area contributed by atoms with E-state index in [1.54, 1.807) is 7.11 Å². The summed E-state index contributed by atoms with van der Waals surface area (Å²) in [5.74, 6) is -0.451. The molecule has 7 heteroatoms. The molecule has 7 nitrogen and oxygen atoms in total. The number of rotatable bonds is 8. The second kappa shape index (κ2) is 11.3. The van der Waals surface area contributed by atoms with Crippen molar-refractivity contribution in [1.29, 1.82) is 0 Å². The molecule has 1 unspecified atom stereocenters. The van der Waals surface area contributed by atoms with Crippen LogP contribution in [0.4, 0.5) is 0 Å². The van der Waals surface area contributed by atoms with Gasteiger partial charge in [-0.2, -0.15) is 0 Å². The smallest absolute Gasteiger partial charge is 0.315 e. The number of aliphatic imine (C=N–C) groups is 1. The maximum atomic E-state index is 13.6. The molecule has 1 fully saturated rings. The van der Waals surface area contributed by atoms with E-state index >= 15 is 0 Å². The van der Waals surface area contributed by atoms with E-state index in [1.165, 1.54) is 0 Å². The zero-order valence-corrected chi connectivity index (χ0v) is 23.2. The van der Waals surface area contributed by atoms with Gasteiger partial charge in [-0.3, -0.25) is 14.6 Å². The Morgan fingerprint density at radius 1 is 1.10 bits per heavy atom. The van der Waals surface area contributed by atoms with Gasteiger partial charge in [0.1, 0.15) is 19.1 Å². The van der Waals surface area contributed by atoms with Gasteiger partial charge >= 0.3 is 5.97 Å². The topological polar surface area (TPSA) is 83.4 Å². The number of ketones is 1. The number of esters is 1. The molecule has 0 radical (unpaired) electrons. The minimum atomic E-state index is -0.712. The average Bonchev–Trinajstić information content (AvgIpc) is 3.43. The SMILES string of the molecule is COc1cc([C@@H]2C3=C(CC(C)(C)CC3=O)N=C(C)C2C(=O)OC[C@H]2CCCO2)ccc1OCc1ccccc1. The molecule has 2 aromatic carbocycles. The van der Waals surface area contributed by atoms with Crippen LogP contribution in [0.1, 0.15) is 63.5 Å². The first-order valence-electron chi connectivity index (χ1n) is 13.7. The van der Waals surface area contributed by atoms with Crippen LogP contribution in [0.2, 0.25) is 0 Å². The fraction of sp³-hybridized carbons (Fsp3) is 0.469. The summed E-state index contributed by atoms with van der Waals surface area (Å²) in [7, 11) is 1.59. The Kier molecular flexibility index (Phi) is 7.89. The van der Waals surface area contributed by atoms with Gasteiger partial charge in [0.2, 0.25) is 0 Å². The molecule has 0 spiro atoms. The fourth-order valence-electron chi connectivity index (χ4n) is 5.88. The first kappa shape index (κ1) is 27.1. The van der Waals surface area contributed by atoms with Crippen LogP contribution in [-0.2, 0) is 25.7 Å². The molecule has 2 aliphatic heterocycles. The Morgan fingerprint density at radius 2 is 1.90 bits per heavy atom. The summed E-state index contributed by atoms with van der Waals surface area (Å²) in [5.41, 5.74) is 3.69. The lowest BCUT2D eigenvalue weighted by atomic mass is 9.67. The third-order valence-electron chi connectivity index (χ3n) is 7.78. The summed E-state index contributed by atoms with van der Waals surface area (Å²) in [5, 5.41) is 0. The van der Waals surface area contributed by atoms with Gasteiger partial charge in [0, 0.05) is 35.9 Å². The van der Waals surface area contributed by atoms with E-state index in [4.69, 9.17) is 23.9 Å². The molecule has 3 atom stereocenters. The van der Waals surface area contributed by atoms with E-state index in [0.717, 1.165) is 29.7 Å². The summed E-state index contributed by atoms with van der Waals surface area (Å²) < 4.78 is 23.2. The average molecular weight is 532 g/mol. The lowest BCUT2D eigenvalue weighted by Crippen LogP contribution is -2.40. The number of carbonyl (C=O) groups is 2. The van der Waals surface area contributed by atoms with Gasteiger partial charge in [-0.25, -0.2) is 0 Å². The van der Waals surface area contributed by atoms with Crippen molar-refractivity contribution in [3.8, 4) is 11.5 Å². The molecule has 0 N–H and O–H groups in total. The molecule has 0 bridgehead atoms. The van der Waals surface area contributed by atoms with Crippen LogP contribution in [0.25, 0.3) is 0 Å². The summed E-state index contributed by atoms with van der Waals surface area (Å²) >= 11 is 0. The quantitative estimate of drug-likeness (QED) is 0.400. The van der Waals surface area contributed by atoms with Gasteiger partial charge in [-0.15, -0.1) is 0 Å². The van der Waals surface area contributed by atoms with E-state index in [1.807, 2.05) is 55.5 Å². The highest BCUT2D eigenvalue weighted by atomic mass is 16.6. The zero-order chi connectivity index (χ0) is 27.6. The zero-order valence-electron chi connectivity index (χ0n) is 23.2. The third kappa shape index (κ3) is 5.93. The Hall–Kier alpha value is -3.45. The van der Waals surface area contributed by atoms with Gasteiger partial charge in [0.05, 0.1) is 13.2 Å². The van der Waals surface area contributed by atoms with Gasteiger partial charge < -0.3 is 18.9 Å². The number of nitrogens with zero attached hydrogens (tertiary/aromatic N) is 1. The predicted molar refractivity (Wildman–Crippen MR) is 148 cm³/mol. The number of Topliss-reactive ketones (excluding diaryl/α,β-unsaturated/α-hetero) is 1. The van der Waals surface area contributed by atoms with E-state index in [-0.39, 0.29) is 29.9 Å². The van der Waals surface area contributed by atoms with Gasteiger partial charge in [-0.1, -0.05) is 50.2 Å². The molecular formula is C32H37NO6. The Bertz CT molecular complexity index is 1290. The van der Waals surface area contributed by atoms with Gasteiger partial charge in [0.15, 0.2) is 17.3 Å². The third-order valence-corrected chi connectivity index (χ3v) is 7.78.